The zero-order valence-corrected chi connectivity index (χ0v) is 13.2. The van der Waals surface area contributed by atoms with Crippen LogP contribution in [0.3, 0.4) is 0 Å². The van der Waals surface area contributed by atoms with E-state index >= 15 is 0 Å². The number of esters is 2. The third-order valence-electron chi connectivity index (χ3n) is 2.59. The Balaban J connectivity index is 0. The Morgan fingerprint density at radius 2 is 1.53 bits per heavy atom. The highest BCUT2D eigenvalue weighted by molar-refractivity contribution is 5.71. The van der Waals surface area contributed by atoms with E-state index in [-0.39, 0.29) is 17.9 Å². The highest BCUT2D eigenvalue weighted by Gasteiger charge is 2.09. The van der Waals surface area contributed by atoms with Crippen molar-refractivity contribution < 1.29 is 19.1 Å². The van der Waals surface area contributed by atoms with Crippen LogP contribution in [0.5, 0.6) is 0 Å². The first kappa shape index (κ1) is 20.3. The molecule has 19 heavy (non-hydrogen) atoms. The second kappa shape index (κ2) is 15.0. The van der Waals surface area contributed by atoms with E-state index in [2.05, 4.69) is 6.92 Å². The summed E-state index contributed by atoms with van der Waals surface area (Å²) in [7, 11) is 0. The molecule has 0 aliphatic rings. The lowest BCUT2D eigenvalue weighted by molar-refractivity contribution is -0.147. The molecule has 0 saturated carbocycles. The Labute approximate surface area is 117 Å². The van der Waals surface area contributed by atoms with Crippen molar-refractivity contribution in [1.82, 2.24) is 0 Å². The molecule has 1 unspecified atom stereocenters. The first-order valence-electron chi connectivity index (χ1n) is 7.35. The predicted molar refractivity (Wildman–Crippen MR) is 76.9 cm³/mol. The number of ether oxygens (including phenoxy) is 2. The van der Waals surface area contributed by atoms with E-state index in [0.717, 1.165) is 25.7 Å². The summed E-state index contributed by atoms with van der Waals surface area (Å²) in [5.41, 5.74) is 0. The van der Waals surface area contributed by atoms with Gasteiger partial charge in [-0.3, -0.25) is 9.59 Å². The summed E-state index contributed by atoms with van der Waals surface area (Å²) in [6, 6.07) is 0. The Bertz CT molecular complexity index is 226. The number of carbonyl (C=O) groups is 2. The molecule has 0 heterocycles. The summed E-state index contributed by atoms with van der Waals surface area (Å²) >= 11 is 0. The lowest BCUT2D eigenvalue weighted by Crippen LogP contribution is -2.13. The van der Waals surface area contributed by atoms with Crippen LogP contribution in [0.1, 0.15) is 66.7 Å². The molecule has 0 spiro atoms. The summed E-state index contributed by atoms with van der Waals surface area (Å²) in [6.45, 7) is 10.6. The summed E-state index contributed by atoms with van der Waals surface area (Å²) in [5.74, 6) is -0.0825. The highest BCUT2D eigenvalue weighted by atomic mass is 16.5. The first-order valence-corrected chi connectivity index (χ1v) is 7.35. The lowest BCUT2D eigenvalue weighted by Gasteiger charge is -2.05. The van der Waals surface area contributed by atoms with Gasteiger partial charge in [0, 0.05) is 6.42 Å². The van der Waals surface area contributed by atoms with Gasteiger partial charge < -0.3 is 9.47 Å². The average molecular weight is 274 g/mol. The van der Waals surface area contributed by atoms with Crippen LogP contribution >= 0.6 is 0 Å². The maximum Gasteiger partial charge on any atom is 0.308 e. The van der Waals surface area contributed by atoms with E-state index in [1.807, 2.05) is 27.7 Å². The topological polar surface area (TPSA) is 52.6 Å². The quantitative estimate of drug-likeness (QED) is 0.500. The van der Waals surface area contributed by atoms with Crippen LogP contribution in [0.15, 0.2) is 0 Å². The van der Waals surface area contributed by atoms with Crippen molar-refractivity contribution in [1.29, 1.82) is 0 Å². The molecule has 0 aromatic heterocycles. The van der Waals surface area contributed by atoms with Gasteiger partial charge in [0.1, 0.15) is 0 Å². The molecule has 0 aromatic carbocycles. The van der Waals surface area contributed by atoms with Crippen molar-refractivity contribution >= 4 is 11.9 Å². The van der Waals surface area contributed by atoms with Crippen LogP contribution in [0.2, 0.25) is 0 Å². The molecule has 4 nitrogen and oxygen atoms in total. The number of hydrogen-bond donors (Lipinski definition) is 0. The number of carbonyl (C=O) groups excluding carboxylic acids is 2. The molecule has 0 aliphatic carbocycles. The summed E-state index contributed by atoms with van der Waals surface area (Å²) in [4.78, 5) is 21.4. The van der Waals surface area contributed by atoms with Gasteiger partial charge >= 0.3 is 11.9 Å². The maximum absolute atomic E-state index is 10.8. The van der Waals surface area contributed by atoms with Crippen molar-refractivity contribution in [2.24, 2.45) is 5.92 Å². The molecular weight excluding hydrogens is 244 g/mol. The molecule has 114 valence electrons. The van der Waals surface area contributed by atoms with Crippen molar-refractivity contribution in [3.8, 4) is 0 Å². The standard InChI is InChI=1S/C8H16O2.C7H14O2/c1-3-5-6-7-8(9)10-4-2;1-4-6(3)7(8)9-5-2/h3-7H2,1-2H3;6H,4-5H2,1-3H3. The largest absolute Gasteiger partial charge is 0.466 e. The molecule has 0 N–H and O–H groups in total. The van der Waals surface area contributed by atoms with Crippen LogP contribution in [0.4, 0.5) is 0 Å². The normalized spacial score (nSPS) is 11.0. The third kappa shape index (κ3) is 14.9. The second-order valence-corrected chi connectivity index (χ2v) is 4.32. The molecule has 0 amide bonds. The van der Waals surface area contributed by atoms with E-state index in [4.69, 9.17) is 9.47 Å². The summed E-state index contributed by atoms with van der Waals surface area (Å²) < 4.78 is 9.51. The molecule has 0 saturated heterocycles. The van der Waals surface area contributed by atoms with Crippen molar-refractivity contribution in [2.75, 3.05) is 13.2 Å². The van der Waals surface area contributed by atoms with Gasteiger partial charge in [0.25, 0.3) is 0 Å². The summed E-state index contributed by atoms with van der Waals surface area (Å²) in [5, 5.41) is 0. The second-order valence-electron chi connectivity index (χ2n) is 4.32. The average Bonchev–Trinajstić information content (AvgIpc) is 2.39. The Morgan fingerprint density at radius 3 is 1.95 bits per heavy atom. The van der Waals surface area contributed by atoms with Gasteiger partial charge in [-0.05, 0) is 26.7 Å². The van der Waals surface area contributed by atoms with Crippen LogP contribution in [-0.4, -0.2) is 25.2 Å². The molecule has 0 fully saturated rings. The lowest BCUT2D eigenvalue weighted by atomic mass is 10.1. The van der Waals surface area contributed by atoms with Gasteiger partial charge in [-0.15, -0.1) is 0 Å². The van der Waals surface area contributed by atoms with Crippen LogP contribution < -0.4 is 0 Å². The molecule has 0 rings (SSSR count). The molecular formula is C15H30O4. The zero-order valence-electron chi connectivity index (χ0n) is 13.2. The van der Waals surface area contributed by atoms with Crippen molar-refractivity contribution in [2.45, 2.75) is 66.7 Å². The minimum atomic E-state index is -0.0833. The Hall–Kier alpha value is -1.06. The number of hydrogen-bond acceptors (Lipinski definition) is 4. The fourth-order valence-electron chi connectivity index (χ4n) is 1.20. The molecule has 0 aromatic rings. The van der Waals surface area contributed by atoms with Gasteiger partial charge in [-0.2, -0.15) is 0 Å². The van der Waals surface area contributed by atoms with Crippen molar-refractivity contribution in [3.05, 3.63) is 0 Å². The molecule has 1 atom stereocenters. The Morgan fingerprint density at radius 1 is 0.947 bits per heavy atom. The van der Waals surface area contributed by atoms with Crippen molar-refractivity contribution in [3.63, 3.8) is 0 Å². The molecule has 0 aliphatic heterocycles. The fraction of sp³-hybridized carbons (Fsp3) is 0.867. The van der Waals surface area contributed by atoms with E-state index in [1.165, 1.54) is 0 Å². The molecule has 0 bridgehead atoms. The zero-order chi connectivity index (χ0) is 15.1. The minimum Gasteiger partial charge on any atom is -0.466 e. The van der Waals surface area contributed by atoms with E-state index < -0.39 is 0 Å². The molecule has 4 heteroatoms. The maximum atomic E-state index is 10.8. The molecule has 0 radical (unpaired) electrons. The van der Waals surface area contributed by atoms with Gasteiger partial charge in [0.2, 0.25) is 0 Å². The number of rotatable bonds is 8. The van der Waals surface area contributed by atoms with Gasteiger partial charge in [-0.25, -0.2) is 0 Å². The minimum absolute atomic E-state index is 0.0593. The monoisotopic (exact) mass is 274 g/mol. The van der Waals surface area contributed by atoms with Crippen LogP contribution in [-0.2, 0) is 19.1 Å². The smallest absolute Gasteiger partial charge is 0.308 e. The predicted octanol–water partition coefficient (Wildman–Crippen LogP) is 3.73. The van der Waals surface area contributed by atoms with Crippen LogP contribution in [0, 0.1) is 5.92 Å². The third-order valence-corrected chi connectivity index (χ3v) is 2.59. The summed E-state index contributed by atoms with van der Waals surface area (Å²) in [6.07, 6.45) is 4.69. The Kier molecular flexibility index (Phi) is 16.0. The van der Waals surface area contributed by atoms with Crippen LogP contribution in [0.25, 0.3) is 0 Å². The van der Waals surface area contributed by atoms with E-state index in [0.29, 0.717) is 19.6 Å². The first-order chi connectivity index (χ1) is 9.03. The highest BCUT2D eigenvalue weighted by Crippen LogP contribution is 2.02. The fourth-order valence-corrected chi connectivity index (χ4v) is 1.20. The van der Waals surface area contributed by atoms with Gasteiger partial charge in [0.15, 0.2) is 0 Å². The van der Waals surface area contributed by atoms with E-state index in [1.54, 1.807) is 0 Å². The number of unbranched alkanes of at least 4 members (excludes halogenated alkanes) is 2. The van der Waals surface area contributed by atoms with E-state index in [9.17, 15) is 9.59 Å². The van der Waals surface area contributed by atoms with Gasteiger partial charge in [-0.1, -0.05) is 33.6 Å². The SMILES string of the molecule is CCCCCC(=O)OCC.CCOC(=O)C(C)CC. The van der Waals surface area contributed by atoms with Gasteiger partial charge in [0.05, 0.1) is 19.1 Å².